The summed E-state index contributed by atoms with van der Waals surface area (Å²) in [5.74, 6) is 1.27. The van der Waals surface area contributed by atoms with Crippen LogP contribution in [0.5, 0.6) is 0 Å². The quantitative estimate of drug-likeness (QED) is 0.121. The van der Waals surface area contributed by atoms with Crippen LogP contribution in [0, 0.1) is 0 Å². The first-order valence-electron chi connectivity index (χ1n) is 18.3. The minimum atomic E-state index is -3.33. The van der Waals surface area contributed by atoms with E-state index >= 15 is 0 Å². The Morgan fingerprint density at radius 1 is 0.760 bits per heavy atom. The van der Waals surface area contributed by atoms with E-state index < -0.39 is 26.0 Å². The monoisotopic (exact) mass is 762 g/mol. The molecule has 2 aliphatic rings. The standard InChI is InChI=1S/C16H25N3O3SSi.C16H25N3OSSi.2C2H6/c1-24(2,3)10-8-22-12-19-7-5-13-11-14-16(18-15(13)19)23(20,21)9-4-6-17-14;1-22(2,3)10-8-20-12-19-7-5-13-11-14-16(18-15(13)19)21-9-4-6-17-14;2*1-2/h5,7,11,17H,4,6,8-10,12H2,1-3H3;5,7,11,17H,4,6,8-10,12H2,1-3H3;2*1-2H3. The topological polar surface area (TPSA) is 112 Å². The maximum atomic E-state index is 12.4. The second kappa shape index (κ2) is 19.5. The molecular weight excluding hydrogens is 701 g/mol. The van der Waals surface area contributed by atoms with E-state index in [9.17, 15) is 8.42 Å². The van der Waals surface area contributed by atoms with E-state index in [4.69, 9.17) is 14.5 Å². The number of pyridine rings is 2. The Morgan fingerprint density at radius 3 is 1.82 bits per heavy atom. The number of hydrogen-bond acceptors (Lipinski definition) is 9. The van der Waals surface area contributed by atoms with Gasteiger partial charge in [-0.2, -0.15) is 0 Å². The molecule has 280 valence electrons. The van der Waals surface area contributed by atoms with Crippen molar-refractivity contribution in [2.24, 2.45) is 0 Å². The SMILES string of the molecule is CC.CC.C[Si](C)(C)CCOCn1ccc2cc3c(nc21)S(=O)(=O)CCCN3.C[Si](C)(C)CCOCn1ccc2cc3c(nc21)SCCCN3. The minimum Gasteiger partial charge on any atom is -0.383 e. The Balaban J connectivity index is 0.000000247. The van der Waals surface area contributed by atoms with E-state index in [-0.39, 0.29) is 10.8 Å². The van der Waals surface area contributed by atoms with E-state index in [1.165, 1.54) is 23.5 Å². The molecule has 50 heavy (non-hydrogen) atoms. The zero-order chi connectivity index (χ0) is 37.0. The van der Waals surface area contributed by atoms with E-state index in [1.807, 2.05) is 62.4 Å². The summed E-state index contributed by atoms with van der Waals surface area (Å²) in [5.41, 5.74) is 3.47. The lowest BCUT2D eigenvalue weighted by Gasteiger charge is -2.15. The summed E-state index contributed by atoms with van der Waals surface area (Å²) >= 11 is 1.85. The van der Waals surface area contributed by atoms with Crippen LogP contribution in [0.25, 0.3) is 22.1 Å². The van der Waals surface area contributed by atoms with Gasteiger partial charge in [0.05, 0.1) is 17.1 Å². The lowest BCUT2D eigenvalue weighted by molar-refractivity contribution is 0.0897. The fourth-order valence-corrected chi connectivity index (χ4v) is 8.97. The third-order valence-electron chi connectivity index (χ3n) is 7.93. The molecule has 0 spiro atoms. The molecule has 2 aliphatic heterocycles. The highest BCUT2D eigenvalue weighted by Gasteiger charge is 2.25. The molecule has 2 N–H and O–H groups in total. The van der Waals surface area contributed by atoms with Crippen LogP contribution >= 0.6 is 11.8 Å². The third kappa shape index (κ3) is 12.4. The molecular formula is C36H62N6O4S2Si2. The van der Waals surface area contributed by atoms with Gasteiger partial charge in [-0.05, 0) is 49.2 Å². The number of fused-ring (bicyclic) bond motifs is 4. The van der Waals surface area contributed by atoms with Crippen molar-refractivity contribution >= 4 is 71.2 Å². The van der Waals surface area contributed by atoms with Crippen molar-refractivity contribution in [2.75, 3.05) is 48.4 Å². The predicted octanol–water partition coefficient (Wildman–Crippen LogP) is 9.25. The van der Waals surface area contributed by atoms with Gasteiger partial charge in [0.25, 0.3) is 0 Å². The number of hydrogen-bond donors (Lipinski definition) is 2. The summed E-state index contributed by atoms with van der Waals surface area (Å²) in [7, 11) is -5.47. The first-order valence-corrected chi connectivity index (χ1v) is 28.3. The lowest BCUT2D eigenvalue weighted by atomic mass is 10.3. The molecule has 0 aromatic carbocycles. The number of sulfone groups is 1. The zero-order valence-electron chi connectivity index (χ0n) is 32.2. The number of nitrogens with one attached hydrogen (secondary N) is 2. The Labute approximate surface area is 307 Å². The smallest absolute Gasteiger partial charge is 0.197 e. The van der Waals surface area contributed by atoms with E-state index in [0.29, 0.717) is 37.8 Å². The Morgan fingerprint density at radius 2 is 1.26 bits per heavy atom. The van der Waals surface area contributed by atoms with Gasteiger partial charge in [0.1, 0.15) is 29.8 Å². The van der Waals surface area contributed by atoms with Gasteiger partial charge in [0, 0.05) is 71.4 Å². The Hall–Kier alpha value is -2.37. The molecule has 10 nitrogen and oxygen atoms in total. The molecule has 0 amide bonds. The number of aromatic nitrogens is 4. The fraction of sp³-hybridized carbons (Fsp3) is 0.611. The molecule has 0 radical (unpaired) electrons. The van der Waals surface area contributed by atoms with Crippen molar-refractivity contribution in [1.29, 1.82) is 0 Å². The number of thioether (sulfide) groups is 1. The predicted molar refractivity (Wildman–Crippen MR) is 219 cm³/mol. The number of rotatable bonds is 10. The van der Waals surface area contributed by atoms with Gasteiger partial charge in [-0.3, -0.25) is 0 Å². The van der Waals surface area contributed by atoms with Gasteiger partial charge in [-0.15, -0.1) is 11.8 Å². The molecule has 4 aromatic rings. The first kappa shape index (κ1) is 42.0. The number of nitrogens with zero attached hydrogens (tertiary/aromatic N) is 4. The normalized spacial score (nSPS) is 15.3. The average Bonchev–Trinajstić information content (AvgIpc) is 3.52. The molecule has 0 atom stereocenters. The van der Waals surface area contributed by atoms with Crippen molar-refractivity contribution in [3.05, 3.63) is 36.7 Å². The minimum absolute atomic E-state index is 0.138. The summed E-state index contributed by atoms with van der Waals surface area (Å²) in [5, 5.41) is 10.0. The van der Waals surface area contributed by atoms with Gasteiger partial charge < -0.3 is 29.2 Å². The molecule has 0 bridgehead atoms. The van der Waals surface area contributed by atoms with Crippen molar-refractivity contribution in [3.8, 4) is 0 Å². The second-order valence-electron chi connectivity index (χ2n) is 14.5. The Kier molecular flexibility index (Phi) is 16.4. The molecule has 4 aromatic heterocycles. The molecule has 14 heteroatoms. The van der Waals surface area contributed by atoms with Crippen molar-refractivity contribution in [1.82, 2.24) is 19.1 Å². The van der Waals surface area contributed by atoms with Crippen LogP contribution in [-0.2, 0) is 32.8 Å². The van der Waals surface area contributed by atoms with E-state index in [2.05, 4.69) is 77.8 Å². The molecule has 6 heterocycles. The van der Waals surface area contributed by atoms with Crippen molar-refractivity contribution in [2.45, 2.75) is 115 Å². The average molecular weight is 763 g/mol. The molecule has 0 aliphatic carbocycles. The van der Waals surface area contributed by atoms with Gasteiger partial charge >= 0.3 is 0 Å². The highest BCUT2D eigenvalue weighted by atomic mass is 32.2. The van der Waals surface area contributed by atoms with E-state index in [1.54, 1.807) is 0 Å². The van der Waals surface area contributed by atoms with Crippen molar-refractivity contribution in [3.63, 3.8) is 0 Å². The van der Waals surface area contributed by atoms with Crippen LogP contribution in [0.15, 0.2) is 46.7 Å². The second-order valence-corrected chi connectivity index (χ2v) is 28.9. The summed E-state index contributed by atoms with van der Waals surface area (Å²) in [6.07, 6.45) is 5.77. The molecule has 0 saturated heterocycles. The van der Waals surface area contributed by atoms with Crippen LogP contribution in [-0.4, -0.2) is 81.5 Å². The largest absolute Gasteiger partial charge is 0.383 e. The number of anilines is 2. The summed E-state index contributed by atoms with van der Waals surface area (Å²) in [6, 6.07) is 10.5. The number of ether oxygens (including phenoxy) is 2. The van der Waals surface area contributed by atoms with Crippen LogP contribution in [0.1, 0.15) is 40.5 Å². The summed E-state index contributed by atoms with van der Waals surface area (Å²) in [4.78, 5) is 9.31. The van der Waals surface area contributed by atoms with Crippen molar-refractivity contribution < 1.29 is 17.9 Å². The Bertz CT molecular complexity index is 1750. The van der Waals surface area contributed by atoms with Gasteiger partial charge in [0.2, 0.25) is 0 Å². The van der Waals surface area contributed by atoms with Crippen LogP contribution in [0.2, 0.25) is 51.4 Å². The van der Waals surface area contributed by atoms with Crippen LogP contribution < -0.4 is 10.6 Å². The lowest BCUT2D eigenvalue weighted by Crippen LogP contribution is -2.22. The zero-order valence-corrected chi connectivity index (χ0v) is 35.8. The molecule has 6 rings (SSSR count). The summed E-state index contributed by atoms with van der Waals surface area (Å²) in [6.45, 7) is 26.3. The van der Waals surface area contributed by atoms with Crippen LogP contribution in [0.3, 0.4) is 0 Å². The van der Waals surface area contributed by atoms with E-state index in [0.717, 1.165) is 47.6 Å². The highest BCUT2D eigenvalue weighted by molar-refractivity contribution is 7.99. The first-order chi connectivity index (χ1) is 23.8. The molecule has 0 unspecified atom stereocenters. The fourth-order valence-electron chi connectivity index (χ4n) is 5.13. The third-order valence-corrected chi connectivity index (χ3v) is 14.1. The van der Waals surface area contributed by atoms with Crippen LogP contribution in [0.4, 0.5) is 11.4 Å². The summed E-state index contributed by atoms with van der Waals surface area (Å²) < 4.78 is 40.4. The molecule has 0 saturated carbocycles. The van der Waals surface area contributed by atoms with Gasteiger partial charge in [-0.25, -0.2) is 18.4 Å². The van der Waals surface area contributed by atoms with Gasteiger partial charge in [0.15, 0.2) is 14.9 Å². The highest BCUT2D eigenvalue weighted by Crippen LogP contribution is 2.32. The maximum Gasteiger partial charge on any atom is 0.197 e. The maximum absolute atomic E-state index is 12.4. The molecule has 0 fully saturated rings. The van der Waals surface area contributed by atoms with Gasteiger partial charge in [-0.1, -0.05) is 67.0 Å².